The number of rotatable bonds is 7. The molecule has 0 atom stereocenters. The van der Waals surface area contributed by atoms with E-state index >= 15 is 0 Å². The molecule has 0 saturated carbocycles. The first-order chi connectivity index (χ1) is 10.0. The van der Waals surface area contributed by atoms with Gasteiger partial charge in [0.25, 0.3) is 5.91 Å². The van der Waals surface area contributed by atoms with E-state index < -0.39 is 17.8 Å². The predicted molar refractivity (Wildman–Crippen MR) is 74.6 cm³/mol. The van der Waals surface area contributed by atoms with Crippen molar-refractivity contribution in [2.24, 2.45) is 0 Å². The molecular formula is C14H16N2O5. The first-order valence-electron chi connectivity index (χ1n) is 6.17. The molecule has 1 rings (SSSR count). The molecule has 2 amide bonds. The normalized spacial score (nSPS) is 9.52. The number of carboxylic acid groups (broad SMARTS) is 1. The second-order valence-electron chi connectivity index (χ2n) is 4.02. The highest BCUT2D eigenvalue weighted by Crippen LogP contribution is 2.11. The van der Waals surface area contributed by atoms with Gasteiger partial charge in [-0.3, -0.25) is 25.2 Å². The Labute approximate surface area is 121 Å². The Hall–Kier alpha value is -2.83. The SMILES string of the molecule is C=CCOc1ccc(C(=O)NNC(=O)CCC(=O)O)cc1. The van der Waals surface area contributed by atoms with E-state index in [9.17, 15) is 14.4 Å². The van der Waals surface area contributed by atoms with Crippen LogP contribution in [-0.4, -0.2) is 29.5 Å². The van der Waals surface area contributed by atoms with Crippen molar-refractivity contribution < 1.29 is 24.2 Å². The van der Waals surface area contributed by atoms with Gasteiger partial charge in [0.2, 0.25) is 5.91 Å². The highest BCUT2D eigenvalue weighted by atomic mass is 16.5. The second-order valence-corrected chi connectivity index (χ2v) is 4.02. The van der Waals surface area contributed by atoms with Gasteiger partial charge in [0.15, 0.2) is 0 Å². The molecule has 3 N–H and O–H groups in total. The van der Waals surface area contributed by atoms with Crippen molar-refractivity contribution in [1.82, 2.24) is 10.9 Å². The van der Waals surface area contributed by atoms with Crippen molar-refractivity contribution in [2.45, 2.75) is 12.8 Å². The molecule has 0 spiro atoms. The molecule has 0 aliphatic carbocycles. The van der Waals surface area contributed by atoms with E-state index in [-0.39, 0.29) is 12.8 Å². The highest BCUT2D eigenvalue weighted by Gasteiger charge is 2.08. The minimum Gasteiger partial charge on any atom is -0.490 e. The number of amides is 2. The van der Waals surface area contributed by atoms with Crippen molar-refractivity contribution in [3.8, 4) is 5.75 Å². The largest absolute Gasteiger partial charge is 0.490 e. The lowest BCUT2D eigenvalue weighted by molar-refractivity contribution is -0.138. The van der Waals surface area contributed by atoms with Crippen LogP contribution in [0.15, 0.2) is 36.9 Å². The Morgan fingerprint density at radius 3 is 2.38 bits per heavy atom. The van der Waals surface area contributed by atoms with Gasteiger partial charge in [0, 0.05) is 12.0 Å². The number of carboxylic acids is 1. The molecule has 0 saturated heterocycles. The molecular weight excluding hydrogens is 276 g/mol. The number of aliphatic carboxylic acids is 1. The molecule has 112 valence electrons. The first kappa shape index (κ1) is 16.2. The molecule has 7 nitrogen and oxygen atoms in total. The molecule has 0 heterocycles. The summed E-state index contributed by atoms with van der Waals surface area (Å²) in [5, 5.41) is 8.42. The van der Waals surface area contributed by atoms with Crippen LogP contribution in [0.5, 0.6) is 5.75 Å². The molecule has 0 aliphatic heterocycles. The summed E-state index contributed by atoms with van der Waals surface area (Å²) in [6, 6.07) is 6.31. The fourth-order valence-corrected chi connectivity index (χ4v) is 1.34. The maximum atomic E-state index is 11.7. The summed E-state index contributed by atoms with van der Waals surface area (Å²) in [6.45, 7) is 3.89. The quantitative estimate of drug-likeness (QED) is 0.511. The van der Waals surface area contributed by atoms with Crippen molar-refractivity contribution >= 4 is 17.8 Å². The molecule has 7 heteroatoms. The lowest BCUT2D eigenvalue weighted by Gasteiger charge is -2.07. The Morgan fingerprint density at radius 2 is 1.81 bits per heavy atom. The minimum atomic E-state index is -1.08. The third-order valence-electron chi connectivity index (χ3n) is 2.37. The first-order valence-corrected chi connectivity index (χ1v) is 6.17. The Morgan fingerprint density at radius 1 is 1.14 bits per heavy atom. The Balaban J connectivity index is 2.42. The van der Waals surface area contributed by atoms with Crippen LogP contribution in [0.2, 0.25) is 0 Å². The maximum Gasteiger partial charge on any atom is 0.303 e. The van der Waals surface area contributed by atoms with Crippen LogP contribution in [0.4, 0.5) is 0 Å². The molecule has 0 aliphatic rings. The van der Waals surface area contributed by atoms with E-state index in [1.807, 2.05) is 0 Å². The van der Waals surface area contributed by atoms with Crippen LogP contribution >= 0.6 is 0 Å². The van der Waals surface area contributed by atoms with Gasteiger partial charge in [-0.15, -0.1) is 0 Å². The molecule has 21 heavy (non-hydrogen) atoms. The second kappa shape index (κ2) is 8.36. The van der Waals surface area contributed by atoms with E-state index in [0.717, 1.165) is 0 Å². The van der Waals surface area contributed by atoms with Gasteiger partial charge >= 0.3 is 5.97 Å². The van der Waals surface area contributed by atoms with E-state index in [0.29, 0.717) is 17.9 Å². The van der Waals surface area contributed by atoms with Gasteiger partial charge in [0.05, 0.1) is 6.42 Å². The molecule has 0 radical (unpaired) electrons. The smallest absolute Gasteiger partial charge is 0.303 e. The lowest BCUT2D eigenvalue weighted by Crippen LogP contribution is -2.41. The number of hydrogen-bond donors (Lipinski definition) is 3. The topological polar surface area (TPSA) is 105 Å². The summed E-state index contributed by atoms with van der Waals surface area (Å²) >= 11 is 0. The monoisotopic (exact) mass is 292 g/mol. The number of benzene rings is 1. The van der Waals surface area contributed by atoms with E-state index in [1.54, 1.807) is 18.2 Å². The van der Waals surface area contributed by atoms with Crippen molar-refractivity contribution in [3.05, 3.63) is 42.5 Å². The molecule has 1 aromatic carbocycles. The summed E-state index contributed by atoms with van der Waals surface area (Å²) in [4.78, 5) is 33.2. The van der Waals surface area contributed by atoms with Gasteiger partial charge in [-0.2, -0.15) is 0 Å². The number of hydrogen-bond acceptors (Lipinski definition) is 4. The number of hydrazine groups is 1. The van der Waals surface area contributed by atoms with E-state index in [2.05, 4.69) is 17.4 Å². The average molecular weight is 292 g/mol. The van der Waals surface area contributed by atoms with E-state index in [4.69, 9.17) is 9.84 Å². The minimum absolute atomic E-state index is 0.204. The molecule has 0 aromatic heterocycles. The van der Waals surface area contributed by atoms with Crippen molar-refractivity contribution in [2.75, 3.05) is 6.61 Å². The summed E-state index contributed by atoms with van der Waals surface area (Å²) in [5.41, 5.74) is 4.67. The van der Waals surface area contributed by atoms with Crippen molar-refractivity contribution in [1.29, 1.82) is 0 Å². The Kier molecular flexibility index (Phi) is 6.46. The third-order valence-corrected chi connectivity index (χ3v) is 2.37. The molecule has 1 aromatic rings. The third kappa shape index (κ3) is 6.24. The van der Waals surface area contributed by atoms with E-state index in [1.165, 1.54) is 12.1 Å². The van der Waals surface area contributed by atoms with Gasteiger partial charge in [-0.05, 0) is 24.3 Å². The van der Waals surface area contributed by atoms with Crippen LogP contribution in [0, 0.1) is 0 Å². The number of carbonyl (C=O) groups excluding carboxylic acids is 2. The van der Waals surface area contributed by atoms with Gasteiger partial charge in [0.1, 0.15) is 12.4 Å². The van der Waals surface area contributed by atoms with Crippen molar-refractivity contribution in [3.63, 3.8) is 0 Å². The van der Waals surface area contributed by atoms with Crippen LogP contribution in [0.3, 0.4) is 0 Å². The standard InChI is InChI=1S/C14H16N2O5/c1-2-9-21-11-5-3-10(4-6-11)14(20)16-15-12(17)7-8-13(18)19/h2-6H,1,7-9H2,(H,15,17)(H,16,20)(H,18,19). The van der Waals surface area contributed by atoms with Crippen LogP contribution in [0.25, 0.3) is 0 Å². The van der Waals surface area contributed by atoms with Gasteiger partial charge in [-0.1, -0.05) is 12.7 Å². The zero-order valence-electron chi connectivity index (χ0n) is 11.3. The summed E-state index contributed by atoms with van der Waals surface area (Å²) < 4.78 is 5.27. The summed E-state index contributed by atoms with van der Waals surface area (Å²) in [7, 11) is 0. The lowest BCUT2D eigenvalue weighted by atomic mass is 10.2. The van der Waals surface area contributed by atoms with Gasteiger partial charge < -0.3 is 9.84 Å². The number of ether oxygens (including phenoxy) is 1. The maximum absolute atomic E-state index is 11.7. The fourth-order valence-electron chi connectivity index (χ4n) is 1.34. The highest BCUT2D eigenvalue weighted by molar-refractivity contribution is 5.95. The fraction of sp³-hybridized carbons (Fsp3) is 0.214. The van der Waals surface area contributed by atoms with Gasteiger partial charge in [-0.25, -0.2) is 0 Å². The summed E-state index contributed by atoms with van der Waals surface area (Å²) in [6.07, 6.45) is 1.11. The number of nitrogens with one attached hydrogen (secondary N) is 2. The molecule has 0 fully saturated rings. The van der Waals surface area contributed by atoms with Crippen LogP contribution < -0.4 is 15.6 Å². The summed E-state index contributed by atoms with van der Waals surface area (Å²) in [5.74, 6) is -1.56. The van der Waals surface area contributed by atoms with Crippen LogP contribution in [-0.2, 0) is 9.59 Å². The zero-order valence-corrected chi connectivity index (χ0v) is 11.3. The number of carbonyl (C=O) groups is 3. The Bertz CT molecular complexity index is 525. The van der Waals surface area contributed by atoms with Crippen LogP contribution in [0.1, 0.15) is 23.2 Å². The zero-order chi connectivity index (χ0) is 15.7. The average Bonchev–Trinajstić information content (AvgIpc) is 2.49. The molecule has 0 unspecified atom stereocenters. The molecule has 0 bridgehead atoms. The predicted octanol–water partition coefficient (Wildman–Crippen LogP) is 0.877.